The molecule has 0 atom stereocenters. The normalized spacial score (nSPS) is 7.25. The van der Waals surface area contributed by atoms with Gasteiger partial charge in [0.25, 0.3) is 0 Å². The summed E-state index contributed by atoms with van der Waals surface area (Å²) >= 11 is 0. The van der Waals surface area contributed by atoms with Gasteiger partial charge in [-0.3, -0.25) is 9.11 Å². The van der Waals surface area contributed by atoms with Gasteiger partial charge in [-0.1, -0.05) is 0 Å². The van der Waals surface area contributed by atoms with Crippen LogP contribution in [0.2, 0.25) is 0 Å². The van der Waals surface area contributed by atoms with E-state index in [0.29, 0.717) is 0 Å². The Morgan fingerprint density at radius 3 is 1.12 bits per heavy atom. The summed E-state index contributed by atoms with van der Waals surface area (Å²) in [5.41, 5.74) is 0. The molecule has 8 heteroatoms. The van der Waals surface area contributed by atoms with Gasteiger partial charge in [0, 0.05) is 17.1 Å². The van der Waals surface area contributed by atoms with Crippen LogP contribution in [0, 0.1) is 0 Å². The molecule has 8 heavy (non-hydrogen) atoms. The standard InChI is InChI=1S/Cu.H2O4S.H2O.Pb.2H/c;1-5(2,3)4;;;;/h;(H2,1,2,3,4);1H2;;;. The topological polar surface area (TPSA) is 106 Å². The first kappa shape index (κ1) is 22.8. The summed E-state index contributed by atoms with van der Waals surface area (Å²) in [5, 5.41) is 0. The molecule has 0 heterocycles. The minimum absolute atomic E-state index is 0. The maximum atomic E-state index is 8.74. The molecule has 0 fully saturated rings. The second-order valence-electron chi connectivity index (χ2n) is 0.448. The fourth-order valence-electron chi connectivity index (χ4n) is 0. The van der Waals surface area contributed by atoms with Gasteiger partial charge in [0.1, 0.15) is 0 Å². The van der Waals surface area contributed by atoms with Crippen molar-refractivity contribution < 1.29 is 40.1 Å². The van der Waals surface area contributed by atoms with Crippen LogP contribution >= 0.6 is 0 Å². The Morgan fingerprint density at radius 2 is 1.12 bits per heavy atom. The fraction of sp³-hybridized carbons (Fsp3) is 0. The van der Waals surface area contributed by atoms with Crippen molar-refractivity contribution in [1.29, 1.82) is 0 Å². The van der Waals surface area contributed by atoms with Crippen molar-refractivity contribution >= 4 is 37.7 Å². The van der Waals surface area contributed by atoms with Crippen LogP contribution in [0.1, 0.15) is 0 Å². The van der Waals surface area contributed by atoms with Gasteiger partial charge in [0.2, 0.25) is 0 Å². The molecule has 0 rings (SSSR count). The maximum absolute atomic E-state index is 8.74. The van der Waals surface area contributed by atoms with Gasteiger partial charge in [-0.05, 0) is 0 Å². The van der Waals surface area contributed by atoms with E-state index in [1.807, 2.05) is 0 Å². The van der Waals surface area contributed by atoms with Crippen LogP contribution in [-0.2, 0) is 27.5 Å². The van der Waals surface area contributed by atoms with Crippen LogP contribution in [0.3, 0.4) is 0 Å². The zero-order valence-electron chi connectivity index (χ0n) is 3.63. The molecule has 0 aromatic rings. The van der Waals surface area contributed by atoms with Crippen molar-refractivity contribution in [3.8, 4) is 0 Å². The number of hydrogen-bond acceptors (Lipinski definition) is 2. The third kappa shape index (κ3) is 177. The van der Waals surface area contributed by atoms with Gasteiger partial charge < -0.3 is 5.48 Å². The Morgan fingerprint density at radius 1 is 1.12 bits per heavy atom. The zero-order chi connectivity index (χ0) is 4.50. The summed E-state index contributed by atoms with van der Waals surface area (Å²) in [4.78, 5) is 0. The molecule has 57 valence electrons. The first-order chi connectivity index (χ1) is 2.00. The van der Waals surface area contributed by atoms with E-state index in [4.69, 9.17) is 17.5 Å². The molecule has 0 aromatic carbocycles. The number of rotatable bonds is 0. The summed E-state index contributed by atoms with van der Waals surface area (Å²) < 4.78 is 31.6. The van der Waals surface area contributed by atoms with Crippen LogP contribution < -0.4 is 0 Å². The Bertz CT molecular complexity index is 95.6. The van der Waals surface area contributed by atoms with Gasteiger partial charge in [-0.2, -0.15) is 8.42 Å². The first-order valence-electron chi connectivity index (χ1n) is 0.698. The monoisotopic (exact) mass is 389 g/mol. The SMILES string of the molecule is O.O=S(=O)(O)O.[Cu].[PbH2]. The van der Waals surface area contributed by atoms with Crippen molar-refractivity contribution in [3.05, 3.63) is 0 Å². The average molecular weight is 389 g/mol. The van der Waals surface area contributed by atoms with E-state index in [1.165, 1.54) is 0 Å². The molecule has 0 aliphatic rings. The van der Waals surface area contributed by atoms with Crippen molar-refractivity contribution in [1.82, 2.24) is 0 Å². The summed E-state index contributed by atoms with van der Waals surface area (Å²) in [6.07, 6.45) is 0. The van der Waals surface area contributed by atoms with E-state index in [1.54, 1.807) is 0 Å². The van der Waals surface area contributed by atoms with Crippen LogP contribution in [0.25, 0.3) is 0 Å². The molecule has 3 radical (unpaired) electrons. The Balaban J connectivity index is -0.0000000267. The average Bonchev–Trinajstić information content (AvgIpc) is 0.722. The third-order valence-electron chi connectivity index (χ3n) is 0. The molecule has 5 nitrogen and oxygen atoms in total. The van der Waals surface area contributed by atoms with E-state index >= 15 is 0 Å². The summed E-state index contributed by atoms with van der Waals surface area (Å²) in [6, 6.07) is 0. The summed E-state index contributed by atoms with van der Waals surface area (Å²) in [7, 11) is -4.67. The van der Waals surface area contributed by atoms with Crippen molar-refractivity contribution in [3.63, 3.8) is 0 Å². The quantitative estimate of drug-likeness (QED) is 0.356. The van der Waals surface area contributed by atoms with E-state index in [9.17, 15) is 0 Å². The Labute approximate surface area is 77.4 Å². The molecule has 0 spiro atoms. The molecule has 4 N–H and O–H groups in total. The first-order valence-corrected chi connectivity index (χ1v) is 2.10. The molecule has 0 bridgehead atoms. The van der Waals surface area contributed by atoms with Gasteiger partial charge in [-0.25, -0.2) is 0 Å². The molecule has 0 aliphatic heterocycles. The molecule has 0 saturated carbocycles. The minimum atomic E-state index is -4.67. The Kier molecular flexibility index (Phi) is 23.6. The summed E-state index contributed by atoms with van der Waals surface area (Å²) in [5.74, 6) is 0. The van der Waals surface area contributed by atoms with Gasteiger partial charge in [0.15, 0.2) is 0 Å². The van der Waals surface area contributed by atoms with Gasteiger partial charge >= 0.3 is 37.7 Å². The molecular formula is H6CuO5PbS. The van der Waals surface area contributed by atoms with Crippen LogP contribution in [-0.4, -0.2) is 50.3 Å². The second kappa shape index (κ2) is 8.27. The van der Waals surface area contributed by atoms with Gasteiger partial charge in [-0.15, -0.1) is 0 Å². The van der Waals surface area contributed by atoms with Crippen LogP contribution in [0.5, 0.6) is 0 Å². The number of hydrogen-bond donors (Lipinski definition) is 2. The molecule has 0 amide bonds. The molecular weight excluding hydrogens is 383 g/mol. The summed E-state index contributed by atoms with van der Waals surface area (Å²) in [6.45, 7) is 0. The van der Waals surface area contributed by atoms with Crippen LogP contribution in [0.15, 0.2) is 0 Å². The van der Waals surface area contributed by atoms with E-state index in [-0.39, 0.29) is 49.8 Å². The van der Waals surface area contributed by atoms with E-state index in [2.05, 4.69) is 0 Å². The predicted octanol–water partition coefficient (Wildman–Crippen LogP) is -2.40. The fourth-order valence-corrected chi connectivity index (χ4v) is 0. The molecule has 0 unspecified atom stereocenters. The zero-order valence-corrected chi connectivity index (χ0v) is 10.9. The third-order valence-corrected chi connectivity index (χ3v) is 0. The van der Waals surface area contributed by atoms with Crippen LogP contribution in [0.4, 0.5) is 0 Å². The predicted molar refractivity (Wildman–Crippen MR) is 26.3 cm³/mol. The van der Waals surface area contributed by atoms with Crippen molar-refractivity contribution in [2.45, 2.75) is 0 Å². The van der Waals surface area contributed by atoms with E-state index < -0.39 is 10.4 Å². The molecule has 0 saturated heterocycles. The van der Waals surface area contributed by atoms with Crippen molar-refractivity contribution in [2.24, 2.45) is 0 Å². The Hall–Kier alpha value is 1.27. The van der Waals surface area contributed by atoms with Gasteiger partial charge in [0.05, 0.1) is 0 Å². The molecule has 0 aliphatic carbocycles. The van der Waals surface area contributed by atoms with E-state index in [0.717, 1.165) is 0 Å². The molecule has 0 aromatic heterocycles. The van der Waals surface area contributed by atoms with Crippen molar-refractivity contribution in [2.75, 3.05) is 0 Å². The second-order valence-corrected chi connectivity index (χ2v) is 1.34.